The van der Waals surface area contributed by atoms with E-state index in [1.54, 1.807) is 7.11 Å². The number of benzene rings is 2. The fraction of sp³-hybridized carbons (Fsp3) is 0.278. The lowest BCUT2D eigenvalue weighted by Crippen LogP contribution is -2.26. The maximum absolute atomic E-state index is 5.51. The third-order valence-corrected chi connectivity index (χ3v) is 3.70. The first-order valence-electron chi connectivity index (χ1n) is 7.47. The average Bonchev–Trinajstić information content (AvgIpc) is 3.05. The Hall–Kier alpha value is -2.33. The minimum Gasteiger partial charge on any atom is -0.497 e. The van der Waals surface area contributed by atoms with E-state index in [0.717, 1.165) is 36.5 Å². The molecule has 114 valence electrons. The van der Waals surface area contributed by atoms with Gasteiger partial charge < -0.3 is 14.9 Å². The summed E-state index contributed by atoms with van der Waals surface area (Å²) in [5.41, 5.74) is 3.36. The maximum Gasteiger partial charge on any atom is 0.145 e. The summed E-state index contributed by atoms with van der Waals surface area (Å²) in [6, 6.07) is 18.3. The summed E-state index contributed by atoms with van der Waals surface area (Å²) in [6.45, 7) is 1.64. The lowest BCUT2D eigenvalue weighted by molar-refractivity contribution is 0.0848. The van der Waals surface area contributed by atoms with Crippen LogP contribution >= 0.6 is 0 Å². The van der Waals surface area contributed by atoms with E-state index in [2.05, 4.69) is 22.6 Å². The Kier molecular flexibility index (Phi) is 4.71. The molecule has 0 fully saturated rings. The molecule has 0 saturated carbocycles. The molecule has 0 spiro atoms. The van der Waals surface area contributed by atoms with Gasteiger partial charge in [0.1, 0.15) is 11.9 Å². The predicted molar refractivity (Wildman–Crippen MR) is 87.2 cm³/mol. The summed E-state index contributed by atoms with van der Waals surface area (Å²) in [6.07, 6.45) is 0.925. The lowest BCUT2D eigenvalue weighted by Gasteiger charge is -2.09. The van der Waals surface area contributed by atoms with Gasteiger partial charge in [0, 0.05) is 19.5 Å². The Balaban J connectivity index is 1.47. The second kappa shape index (κ2) is 7.09. The van der Waals surface area contributed by atoms with Crippen LogP contribution in [0, 0.1) is 0 Å². The first-order valence-corrected chi connectivity index (χ1v) is 7.47. The largest absolute Gasteiger partial charge is 0.497 e. The smallest absolute Gasteiger partial charge is 0.145 e. The van der Waals surface area contributed by atoms with E-state index in [-0.39, 0.29) is 6.10 Å². The maximum atomic E-state index is 5.51. The zero-order valence-electron chi connectivity index (χ0n) is 12.7. The highest BCUT2D eigenvalue weighted by molar-refractivity contribution is 6.01. The molecule has 1 unspecified atom stereocenters. The molecule has 4 heteroatoms. The molecule has 0 bridgehead atoms. The van der Waals surface area contributed by atoms with Crippen molar-refractivity contribution in [1.29, 1.82) is 0 Å². The van der Waals surface area contributed by atoms with E-state index in [1.807, 2.05) is 42.5 Å². The quantitative estimate of drug-likeness (QED) is 0.891. The fourth-order valence-electron chi connectivity index (χ4n) is 2.47. The van der Waals surface area contributed by atoms with E-state index >= 15 is 0 Å². The molecule has 0 aliphatic carbocycles. The van der Waals surface area contributed by atoms with Crippen molar-refractivity contribution < 1.29 is 9.57 Å². The normalized spacial score (nSPS) is 17.0. The molecule has 22 heavy (non-hydrogen) atoms. The number of oxime groups is 1. The van der Waals surface area contributed by atoms with Gasteiger partial charge in [0.15, 0.2) is 0 Å². The molecular formula is C18H20N2O2. The molecule has 2 aromatic carbocycles. The first kappa shape index (κ1) is 14.6. The van der Waals surface area contributed by atoms with Crippen LogP contribution in [0.1, 0.15) is 17.5 Å². The Morgan fingerprint density at radius 2 is 1.91 bits per heavy atom. The molecule has 4 nitrogen and oxygen atoms in total. The topological polar surface area (TPSA) is 42.9 Å². The Morgan fingerprint density at radius 3 is 2.64 bits per heavy atom. The minimum absolute atomic E-state index is 0.0980. The summed E-state index contributed by atoms with van der Waals surface area (Å²) in [7, 11) is 1.67. The summed E-state index contributed by atoms with van der Waals surface area (Å²) in [5, 5.41) is 7.62. The van der Waals surface area contributed by atoms with Gasteiger partial charge in [0.05, 0.1) is 12.8 Å². The van der Waals surface area contributed by atoms with E-state index < -0.39 is 0 Å². The Bertz CT molecular complexity index is 623. The van der Waals surface area contributed by atoms with Gasteiger partial charge in [-0.3, -0.25) is 0 Å². The number of ether oxygens (including phenoxy) is 1. The van der Waals surface area contributed by atoms with E-state index in [4.69, 9.17) is 9.57 Å². The summed E-state index contributed by atoms with van der Waals surface area (Å²) >= 11 is 0. The number of hydrogen-bond acceptors (Lipinski definition) is 4. The first-order chi connectivity index (χ1) is 10.8. The molecule has 0 saturated heterocycles. The zero-order chi connectivity index (χ0) is 15.2. The highest BCUT2D eigenvalue weighted by atomic mass is 16.6. The van der Waals surface area contributed by atoms with Gasteiger partial charge in [-0.25, -0.2) is 0 Å². The number of methoxy groups -OCH3 is 1. The molecule has 1 aliphatic heterocycles. The van der Waals surface area contributed by atoms with Crippen LogP contribution in [0.25, 0.3) is 0 Å². The van der Waals surface area contributed by atoms with E-state index in [1.165, 1.54) is 5.56 Å². The number of rotatable bonds is 6. The molecule has 1 atom stereocenters. The van der Waals surface area contributed by atoms with Crippen molar-refractivity contribution in [2.45, 2.75) is 19.1 Å². The van der Waals surface area contributed by atoms with Crippen molar-refractivity contribution in [2.24, 2.45) is 5.16 Å². The molecule has 1 aliphatic rings. The number of nitrogens with zero attached hydrogens (tertiary/aromatic N) is 1. The van der Waals surface area contributed by atoms with Crippen LogP contribution in [0.3, 0.4) is 0 Å². The highest BCUT2D eigenvalue weighted by Crippen LogP contribution is 2.19. The number of nitrogens with one attached hydrogen (secondary N) is 1. The van der Waals surface area contributed by atoms with Crippen LogP contribution in [0.2, 0.25) is 0 Å². The van der Waals surface area contributed by atoms with Gasteiger partial charge in [-0.15, -0.1) is 0 Å². The van der Waals surface area contributed by atoms with Crippen LogP contribution in [-0.4, -0.2) is 25.5 Å². The molecule has 2 aromatic rings. The van der Waals surface area contributed by atoms with E-state index in [9.17, 15) is 0 Å². The molecular weight excluding hydrogens is 276 g/mol. The van der Waals surface area contributed by atoms with Gasteiger partial charge in [-0.1, -0.05) is 35.5 Å². The zero-order valence-corrected chi connectivity index (χ0v) is 12.7. The van der Waals surface area contributed by atoms with Gasteiger partial charge in [0.2, 0.25) is 0 Å². The molecule has 0 aromatic heterocycles. The summed E-state index contributed by atoms with van der Waals surface area (Å²) in [5.74, 6) is 0.851. The van der Waals surface area contributed by atoms with Crippen LogP contribution in [0.15, 0.2) is 59.8 Å². The minimum atomic E-state index is 0.0980. The van der Waals surface area contributed by atoms with Crippen molar-refractivity contribution in [3.63, 3.8) is 0 Å². The van der Waals surface area contributed by atoms with Crippen molar-refractivity contribution in [3.8, 4) is 5.75 Å². The summed E-state index contributed by atoms with van der Waals surface area (Å²) in [4.78, 5) is 5.51. The van der Waals surface area contributed by atoms with Crippen LogP contribution in [0.5, 0.6) is 5.75 Å². The third kappa shape index (κ3) is 3.65. The predicted octanol–water partition coefficient (Wildman–Crippen LogP) is 2.98. The standard InChI is InChI=1S/C18H20N2O2/c1-21-16-9-7-15(8-10-16)18-11-17(22-20-18)13-19-12-14-5-3-2-4-6-14/h2-10,17,19H,11-13H2,1H3. The fourth-order valence-corrected chi connectivity index (χ4v) is 2.47. The van der Waals surface area contributed by atoms with Crippen molar-refractivity contribution >= 4 is 5.71 Å². The van der Waals surface area contributed by atoms with Crippen LogP contribution < -0.4 is 10.1 Å². The van der Waals surface area contributed by atoms with Crippen molar-refractivity contribution in [2.75, 3.05) is 13.7 Å². The lowest BCUT2D eigenvalue weighted by atomic mass is 10.0. The third-order valence-electron chi connectivity index (χ3n) is 3.70. The van der Waals surface area contributed by atoms with Crippen molar-refractivity contribution in [1.82, 2.24) is 5.32 Å². The second-order valence-corrected chi connectivity index (χ2v) is 5.31. The average molecular weight is 296 g/mol. The molecule has 3 rings (SSSR count). The monoisotopic (exact) mass is 296 g/mol. The Morgan fingerprint density at radius 1 is 1.14 bits per heavy atom. The Labute approximate surface area is 130 Å². The molecule has 0 radical (unpaired) electrons. The van der Waals surface area contributed by atoms with Crippen molar-refractivity contribution in [3.05, 3.63) is 65.7 Å². The van der Waals surface area contributed by atoms with Gasteiger partial charge >= 0.3 is 0 Å². The molecule has 1 heterocycles. The van der Waals surface area contributed by atoms with Gasteiger partial charge in [-0.2, -0.15) is 0 Å². The molecule has 1 N–H and O–H groups in total. The number of hydrogen-bond donors (Lipinski definition) is 1. The summed E-state index contributed by atoms with van der Waals surface area (Å²) < 4.78 is 5.17. The van der Waals surface area contributed by atoms with E-state index in [0.29, 0.717) is 0 Å². The highest BCUT2D eigenvalue weighted by Gasteiger charge is 2.21. The van der Waals surface area contributed by atoms with Gasteiger partial charge in [-0.05, 0) is 35.4 Å². The molecule has 0 amide bonds. The SMILES string of the molecule is COc1ccc(C2=NOC(CNCc3ccccc3)C2)cc1. The van der Waals surface area contributed by atoms with Gasteiger partial charge in [0.25, 0.3) is 0 Å². The second-order valence-electron chi connectivity index (χ2n) is 5.31. The van der Waals surface area contributed by atoms with Crippen LogP contribution in [-0.2, 0) is 11.4 Å². The van der Waals surface area contributed by atoms with Crippen LogP contribution in [0.4, 0.5) is 0 Å².